The Balaban J connectivity index is 1.70. The zero-order valence-corrected chi connectivity index (χ0v) is 15.0. The lowest BCUT2D eigenvalue weighted by molar-refractivity contribution is 0.0712. The molecule has 0 aromatic carbocycles. The first-order valence-electron chi connectivity index (χ1n) is 8.86. The summed E-state index contributed by atoms with van der Waals surface area (Å²) in [5.41, 5.74) is 0.496. The highest BCUT2D eigenvalue weighted by atomic mass is 16.3. The molecule has 3 heterocycles. The van der Waals surface area contributed by atoms with Crippen molar-refractivity contribution in [2.24, 2.45) is 0 Å². The van der Waals surface area contributed by atoms with E-state index in [2.05, 4.69) is 15.3 Å². The van der Waals surface area contributed by atoms with Gasteiger partial charge in [-0.25, -0.2) is 0 Å². The molecule has 0 bridgehead atoms. The molecule has 1 amide bonds. The van der Waals surface area contributed by atoms with Crippen molar-refractivity contribution in [1.29, 1.82) is 0 Å². The van der Waals surface area contributed by atoms with Gasteiger partial charge >= 0.3 is 0 Å². The molecule has 0 radical (unpaired) electrons. The van der Waals surface area contributed by atoms with Crippen LogP contribution in [0.25, 0.3) is 0 Å². The van der Waals surface area contributed by atoms with Gasteiger partial charge in [-0.1, -0.05) is 0 Å². The largest absolute Gasteiger partial charge is 0.467 e. The lowest BCUT2D eigenvalue weighted by Gasteiger charge is -2.24. The van der Waals surface area contributed by atoms with Gasteiger partial charge in [0.25, 0.3) is 5.91 Å². The highest BCUT2D eigenvalue weighted by Crippen LogP contribution is 2.17. The van der Waals surface area contributed by atoms with Crippen LogP contribution >= 0.6 is 0 Å². The van der Waals surface area contributed by atoms with E-state index in [1.807, 2.05) is 43.2 Å². The molecular formula is C18H27N5O2. The summed E-state index contributed by atoms with van der Waals surface area (Å²) < 4.78 is 7.34. The van der Waals surface area contributed by atoms with Crippen LogP contribution in [0.3, 0.4) is 0 Å². The molecule has 2 aromatic rings. The summed E-state index contributed by atoms with van der Waals surface area (Å²) in [6.45, 7) is 3.85. The molecule has 1 aliphatic rings. The Morgan fingerprint density at radius 1 is 1.40 bits per heavy atom. The van der Waals surface area contributed by atoms with E-state index in [0.29, 0.717) is 24.8 Å². The Bertz CT molecular complexity index is 659. The number of piperidine rings is 1. The topological polar surface area (TPSA) is 66.5 Å². The number of likely N-dealkylation sites (N-methyl/N-ethyl adjacent to an activating group) is 1. The average molecular weight is 345 g/mol. The number of aromatic nitrogens is 2. The molecule has 7 nitrogen and oxygen atoms in total. The van der Waals surface area contributed by atoms with Gasteiger partial charge in [-0.2, -0.15) is 5.10 Å². The van der Waals surface area contributed by atoms with Crippen molar-refractivity contribution in [1.82, 2.24) is 24.9 Å². The summed E-state index contributed by atoms with van der Waals surface area (Å²) >= 11 is 0. The molecule has 1 atom stereocenters. The number of amides is 1. The summed E-state index contributed by atoms with van der Waals surface area (Å²) in [6.07, 6.45) is 5.79. The number of rotatable bonds is 7. The van der Waals surface area contributed by atoms with Gasteiger partial charge in [0.2, 0.25) is 0 Å². The number of hydrogen-bond acceptors (Lipinski definition) is 5. The van der Waals surface area contributed by atoms with Crippen molar-refractivity contribution < 1.29 is 9.21 Å². The van der Waals surface area contributed by atoms with Crippen molar-refractivity contribution in [3.63, 3.8) is 0 Å². The Labute approximate surface area is 148 Å². The number of nitrogens with one attached hydrogen (secondary N) is 1. The summed E-state index contributed by atoms with van der Waals surface area (Å²) in [5, 5.41) is 7.94. The lowest BCUT2D eigenvalue weighted by atomic mass is 10.1. The first-order chi connectivity index (χ1) is 12.1. The van der Waals surface area contributed by atoms with Crippen molar-refractivity contribution >= 4 is 5.91 Å². The number of hydrogen-bond donors (Lipinski definition) is 1. The minimum Gasteiger partial charge on any atom is -0.467 e. The van der Waals surface area contributed by atoms with E-state index in [1.165, 1.54) is 0 Å². The fourth-order valence-corrected chi connectivity index (χ4v) is 3.04. The van der Waals surface area contributed by atoms with Crippen LogP contribution in [0.5, 0.6) is 0 Å². The van der Waals surface area contributed by atoms with Gasteiger partial charge in [-0.15, -0.1) is 0 Å². The Morgan fingerprint density at radius 3 is 2.96 bits per heavy atom. The van der Waals surface area contributed by atoms with Crippen LogP contribution in [-0.2, 0) is 6.54 Å². The van der Waals surface area contributed by atoms with Crippen molar-refractivity contribution in [3.05, 3.63) is 42.1 Å². The molecule has 1 N–H and O–H groups in total. The van der Waals surface area contributed by atoms with E-state index in [1.54, 1.807) is 11.2 Å². The van der Waals surface area contributed by atoms with E-state index in [-0.39, 0.29) is 5.91 Å². The van der Waals surface area contributed by atoms with Crippen LogP contribution in [0.1, 0.15) is 35.1 Å². The maximum atomic E-state index is 13.0. The Kier molecular flexibility index (Phi) is 5.88. The molecule has 136 valence electrons. The third-order valence-electron chi connectivity index (χ3n) is 4.50. The Morgan fingerprint density at radius 2 is 2.28 bits per heavy atom. The summed E-state index contributed by atoms with van der Waals surface area (Å²) in [5.74, 6) is 0.726. The maximum Gasteiger partial charge on any atom is 0.274 e. The van der Waals surface area contributed by atoms with E-state index in [9.17, 15) is 4.79 Å². The molecule has 25 heavy (non-hydrogen) atoms. The van der Waals surface area contributed by atoms with Crippen LogP contribution < -0.4 is 5.32 Å². The highest BCUT2D eigenvalue weighted by molar-refractivity contribution is 5.92. The molecule has 1 fully saturated rings. The highest BCUT2D eigenvalue weighted by Gasteiger charge is 2.22. The van der Waals surface area contributed by atoms with Crippen LogP contribution in [0.15, 0.2) is 35.1 Å². The third kappa shape index (κ3) is 4.70. The minimum atomic E-state index is -0.0548. The lowest BCUT2D eigenvalue weighted by Crippen LogP contribution is -2.36. The molecule has 0 saturated carbocycles. The van der Waals surface area contributed by atoms with E-state index in [0.717, 1.165) is 38.2 Å². The zero-order chi connectivity index (χ0) is 17.6. The number of carbonyl (C=O) groups excluding carboxylic acids is 1. The second kappa shape index (κ2) is 8.31. The van der Waals surface area contributed by atoms with E-state index in [4.69, 9.17) is 4.42 Å². The standard InChI is InChI=1S/C18H27N5O2/c1-21(2)10-11-22(14-16-6-4-12-25-16)18(24)17-7-9-23(20-17)15-5-3-8-19-13-15/h4,6-7,9,12,15,19H,3,5,8,10-11,13-14H2,1-2H3. The van der Waals surface area contributed by atoms with Gasteiger partial charge < -0.3 is 19.5 Å². The number of carbonyl (C=O) groups is 1. The second-order valence-corrected chi connectivity index (χ2v) is 6.79. The molecule has 7 heteroatoms. The first kappa shape index (κ1) is 17.7. The molecule has 1 aliphatic heterocycles. The monoisotopic (exact) mass is 345 g/mol. The van der Waals surface area contributed by atoms with Crippen LogP contribution in [0.2, 0.25) is 0 Å². The third-order valence-corrected chi connectivity index (χ3v) is 4.50. The fraction of sp³-hybridized carbons (Fsp3) is 0.556. The predicted molar refractivity (Wildman–Crippen MR) is 95.4 cm³/mol. The van der Waals surface area contributed by atoms with Gasteiger partial charge in [0.1, 0.15) is 11.5 Å². The molecule has 1 unspecified atom stereocenters. The molecule has 2 aromatic heterocycles. The SMILES string of the molecule is CN(C)CCN(Cc1ccco1)C(=O)c1ccn(C2CCCNC2)n1. The normalized spacial score (nSPS) is 17.8. The minimum absolute atomic E-state index is 0.0548. The molecule has 3 rings (SSSR count). The van der Waals surface area contributed by atoms with Crippen LogP contribution in [0, 0.1) is 0 Å². The predicted octanol–water partition coefficient (Wildman–Crippen LogP) is 1.60. The molecular weight excluding hydrogens is 318 g/mol. The van der Waals surface area contributed by atoms with E-state index < -0.39 is 0 Å². The van der Waals surface area contributed by atoms with Crippen LogP contribution in [-0.4, -0.2) is 65.8 Å². The number of furan rings is 1. The Hall–Kier alpha value is -2.12. The zero-order valence-electron chi connectivity index (χ0n) is 15.0. The van der Waals surface area contributed by atoms with Gasteiger partial charge in [0.05, 0.1) is 18.8 Å². The quantitative estimate of drug-likeness (QED) is 0.826. The van der Waals surface area contributed by atoms with E-state index >= 15 is 0 Å². The summed E-state index contributed by atoms with van der Waals surface area (Å²) in [4.78, 5) is 16.8. The first-order valence-corrected chi connectivity index (χ1v) is 8.86. The van der Waals surface area contributed by atoms with Gasteiger partial charge in [-0.05, 0) is 51.7 Å². The molecule has 1 saturated heterocycles. The molecule has 0 aliphatic carbocycles. The van der Waals surface area contributed by atoms with Crippen LogP contribution in [0.4, 0.5) is 0 Å². The second-order valence-electron chi connectivity index (χ2n) is 6.79. The van der Waals surface area contributed by atoms with Crippen molar-refractivity contribution in [2.75, 3.05) is 40.3 Å². The summed E-state index contributed by atoms with van der Waals surface area (Å²) in [7, 11) is 4.00. The number of nitrogens with zero attached hydrogens (tertiary/aromatic N) is 4. The maximum absolute atomic E-state index is 13.0. The van der Waals surface area contributed by atoms with Gasteiger partial charge in [0.15, 0.2) is 0 Å². The summed E-state index contributed by atoms with van der Waals surface area (Å²) in [6, 6.07) is 5.88. The van der Waals surface area contributed by atoms with Gasteiger partial charge in [-0.3, -0.25) is 9.48 Å². The average Bonchev–Trinajstić information content (AvgIpc) is 3.30. The molecule has 0 spiro atoms. The smallest absolute Gasteiger partial charge is 0.274 e. The fourth-order valence-electron chi connectivity index (χ4n) is 3.04. The van der Waals surface area contributed by atoms with Gasteiger partial charge in [0, 0.05) is 25.8 Å². The van der Waals surface area contributed by atoms with Crippen molar-refractivity contribution in [3.8, 4) is 0 Å². The van der Waals surface area contributed by atoms with Crippen molar-refractivity contribution in [2.45, 2.75) is 25.4 Å².